The van der Waals surface area contributed by atoms with E-state index in [1.807, 2.05) is 19.2 Å². The molecule has 4 rings (SSSR count). The van der Waals surface area contributed by atoms with Crippen LogP contribution in [0.1, 0.15) is 21.6 Å². The van der Waals surface area contributed by atoms with Gasteiger partial charge in [0.15, 0.2) is 0 Å². The van der Waals surface area contributed by atoms with Gasteiger partial charge in [0, 0.05) is 42.8 Å². The van der Waals surface area contributed by atoms with E-state index in [0.29, 0.717) is 48.3 Å². The normalized spacial score (nSPS) is 14.7. The van der Waals surface area contributed by atoms with Crippen molar-refractivity contribution in [3.05, 3.63) is 69.3 Å². The van der Waals surface area contributed by atoms with E-state index in [1.165, 1.54) is 5.39 Å². The summed E-state index contributed by atoms with van der Waals surface area (Å²) in [5.41, 5.74) is 3.52. The van der Waals surface area contributed by atoms with Crippen molar-refractivity contribution >= 4 is 40.0 Å². The summed E-state index contributed by atoms with van der Waals surface area (Å²) >= 11 is 13.1. The number of aromatic nitrogens is 1. The summed E-state index contributed by atoms with van der Waals surface area (Å²) < 4.78 is 7.47. The first-order valence-corrected chi connectivity index (χ1v) is 9.69. The van der Waals surface area contributed by atoms with Crippen LogP contribution < -0.4 is 0 Å². The van der Waals surface area contributed by atoms with Crippen molar-refractivity contribution in [2.75, 3.05) is 26.3 Å². The molecule has 27 heavy (non-hydrogen) atoms. The van der Waals surface area contributed by atoms with Gasteiger partial charge in [0.05, 0.1) is 23.8 Å². The quantitative estimate of drug-likeness (QED) is 0.643. The predicted molar refractivity (Wildman–Crippen MR) is 109 cm³/mol. The van der Waals surface area contributed by atoms with Crippen LogP contribution in [0.3, 0.4) is 0 Å². The van der Waals surface area contributed by atoms with Crippen molar-refractivity contribution < 1.29 is 9.53 Å². The Labute approximate surface area is 168 Å². The Hall–Kier alpha value is -2.01. The number of nitrogens with zero attached hydrogens (tertiary/aromatic N) is 2. The first-order chi connectivity index (χ1) is 13.1. The number of amides is 1. The molecule has 1 aromatic heterocycles. The smallest absolute Gasteiger partial charge is 0.255 e. The van der Waals surface area contributed by atoms with E-state index in [1.54, 1.807) is 17.0 Å². The Morgan fingerprint density at radius 1 is 1.11 bits per heavy atom. The molecule has 1 amide bonds. The molecule has 0 aliphatic carbocycles. The standard InChI is InChI=1S/C21H20Cl2N2O2/c1-24-15(12-14-4-2-3-5-19(14)24)13-17-18(22)7-6-16(20(17)23)21(26)25-8-10-27-11-9-25/h2-7,12H,8-11,13H2,1H3. The number of hydrogen-bond acceptors (Lipinski definition) is 2. The highest BCUT2D eigenvalue weighted by Gasteiger charge is 2.23. The van der Waals surface area contributed by atoms with Crippen LogP contribution in [0.4, 0.5) is 0 Å². The average molecular weight is 403 g/mol. The molecule has 0 atom stereocenters. The van der Waals surface area contributed by atoms with Crippen molar-refractivity contribution in [1.82, 2.24) is 9.47 Å². The molecule has 0 spiro atoms. The van der Waals surface area contributed by atoms with Crippen molar-refractivity contribution in [3.8, 4) is 0 Å². The second kappa shape index (κ2) is 7.55. The lowest BCUT2D eigenvalue weighted by molar-refractivity contribution is 0.0303. The SMILES string of the molecule is Cn1c(Cc2c(Cl)ccc(C(=O)N3CCOCC3)c2Cl)cc2ccccc21. The van der Waals surface area contributed by atoms with Gasteiger partial charge in [0.25, 0.3) is 5.91 Å². The summed E-state index contributed by atoms with van der Waals surface area (Å²) in [5.74, 6) is -0.0711. The van der Waals surface area contributed by atoms with E-state index < -0.39 is 0 Å². The fourth-order valence-corrected chi connectivity index (χ4v) is 4.14. The highest BCUT2D eigenvalue weighted by atomic mass is 35.5. The van der Waals surface area contributed by atoms with Crippen LogP contribution in [-0.4, -0.2) is 41.7 Å². The summed E-state index contributed by atoms with van der Waals surface area (Å²) in [6.07, 6.45) is 0.563. The van der Waals surface area contributed by atoms with Gasteiger partial charge < -0.3 is 14.2 Å². The van der Waals surface area contributed by atoms with Crippen molar-refractivity contribution in [2.45, 2.75) is 6.42 Å². The first-order valence-electron chi connectivity index (χ1n) is 8.93. The molecule has 1 aliphatic rings. The number of morpholine rings is 1. The zero-order valence-corrected chi connectivity index (χ0v) is 16.6. The summed E-state index contributed by atoms with van der Waals surface area (Å²) in [5, 5.41) is 2.18. The van der Waals surface area contributed by atoms with Gasteiger partial charge in [-0.2, -0.15) is 0 Å². The molecule has 1 fully saturated rings. The number of halogens is 2. The molecular formula is C21H20Cl2N2O2. The second-order valence-corrected chi connectivity index (χ2v) is 7.51. The molecule has 3 aromatic rings. The Kier molecular flexibility index (Phi) is 5.13. The van der Waals surface area contributed by atoms with Crippen LogP contribution >= 0.6 is 23.2 Å². The number of para-hydroxylation sites is 1. The van der Waals surface area contributed by atoms with Gasteiger partial charge >= 0.3 is 0 Å². The van der Waals surface area contributed by atoms with Crippen LogP contribution in [0.2, 0.25) is 10.0 Å². The van der Waals surface area contributed by atoms with E-state index >= 15 is 0 Å². The molecule has 2 aromatic carbocycles. The Balaban J connectivity index is 1.70. The van der Waals surface area contributed by atoms with Gasteiger partial charge in [-0.25, -0.2) is 0 Å². The Morgan fingerprint density at radius 2 is 1.85 bits per heavy atom. The fraction of sp³-hybridized carbons (Fsp3) is 0.286. The van der Waals surface area contributed by atoms with E-state index in [2.05, 4.69) is 22.8 Å². The van der Waals surface area contributed by atoms with Crippen LogP contribution in [-0.2, 0) is 18.2 Å². The molecule has 0 bridgehead atoms. The fourth-order valence-electron chi connectivity index (χ4n) is 3.56. The summed E-state index contributed by atoms with van der Waals surface area (Å²) in [6.45, 7) is 2.27. The summed E-state index contributed by atoms with van der Waals surface area (Å²) in [4.78, 5) is 14.7. The molecule has 0 saturated carbocycles. The highest BCUT2D eigenvalue weighted by molar-refractivity contribution is 6.38. The van der Waals surface area contributed by atoms with Crippen LogP contribution in [0.15, 0.2) is 42.5 Å². The third-order valence-corrected chi connectivity index (χ3v) is 5.91. The van der Waals surface area contributed by atoms with Gasteiger partial charge in [-0.1, -0.05) is 41.4 Å². The number of rotatable bonds is 3. The molecule has 0 unspecified atom stereocenters. The van der Waals surface area contributed by atoms with Gasteiger partial charge in [0.1, 0.15) is 0 Å². The molecule has 4 nitrogen and oxygen atoms in total. The molecule has 1 aliphatic heterocycles. The Bertz CT molecular complexity index is 1010. The van der Waals surface area contributed by atoms with Crippen LogP contribution in [0.5, 0.6) is 0 Å². The van der Waals surface area contributed by atoms with Gasteiger partial charge in [-0.05, 0) is 35.2 Å². The first kappa shape index (κ1) is 18.4. The van der Waals surface area contributed by atoms with Crippen molar-refractivity contribution in [1.29, 1.82) is 0 Å². The third kappa shape index (κ3) is 3.45. The number of carbonyl (C=O) groups is 1. The van der Waals surface area contributed by atoms with Gasteiger partial charge in [0.2, 0.25) is 0 Å². The average Bonchev–Trinajstić information content (AvgIpc) is 3.01. The number of carbonyl (C=O) groups excluding carboxylic acids is 1. The van der Waals surface area contributed by atoms with Crippen LogP contribution in [0.25, 0.3) is 10.9 Å². The zero-order valence-electron chi connectivity index (χ0n) is 15.0. The number of ether oxygens (including phenoxy) is 1. The van der Waals surface area contributed by atoms with E-state index in [-0.39, 0.29) is 5.91 Å². The van der Waals surface area contributed by atoms with Crippen LogP contribution in [0, 0.1) is 0 Å². The molecule has 140 valence electrons. The molecule has 0 radical (unpaired) electrons. The lowest BCUT2D eigenvalue weighted by atomic mass is 10.0. The lowest BCUT2D eigenvalue weighted by Gasteiger charge is -2.27. The van der Waals surface area contributed by atoms with Gasteiger partial charge in [-0.3, -0.25) is 4.79 Å². The van der Waals surface area contributed by atoms with E-state index in [4.69, 9.17) is 27.9 Å². The minimum Gasteiger partial charge on any atom is -0.378 e. The molecule has 6 heteroatoms. The Morgan fingerprint density at radius 3 is 2.59 bits per heavy atom. The topological polar surface area (TPSA) is 34.5 Å². The zero-order chi connectivity index (χ0) is 19.0. The van der Waals surface area contributed by atoms with E-state index in [0.717, 1.165) is 16.8 Å². The number of hydrogen-bond donors (Lipinski definition) is 0. The largest absolute Gasteiger partial charge is 0.378 e. The number of fused-ring (bicyclic) bond motifs is 1. The van der Waals surface area contributed by atoms with Crippen molar-refractivity contribution in [3.63, 3.8) is 0 Å². The predicted octanol–water partition coefficient (Wildman–Crippen LogP) is 4.55. The maximum Gasteiger partial charge on any atom is 0.255 e. The maximum absolute atomic E-state index is 12.9. The minimum atomic E-state index is -0.0711. The molecule has 1 saturated heterocycles. The second-order valence-electron chi connectivity index (χ2n) is 6.72. The minimum absolute atomic E-state index is 0.0711. The van der Waals surface area contributed by atoms with E-state index in [9.17, 15) is 4.79 Å². The maximum atomic E-state index is 12.9. The summed E-state index contributed by atoms with van der Waals surface area (Å²) in [7, 11) is 2.03. The monoisotopic (exact) mass is 402 g/mol. The third-order valence-electron chi connectivity index (χ3n) is 5.12. The van der Waals surface area contributed by atoms with Gasteiger partial charge in [-0.15, -0.1) is 0 Å². The molecular weight excluding hydrogens is 383 g/mol. The number of aryl methyl sites for hydroxylation is 1. The highest BCUT2D eigenvalue weighted by Crippen LogP contribution is 2.32. The summed E-state index contributed by atoms with van der Waals surface area (Å²) in [6, 6.07) is 13.8. The molecule has 0 N–H and O–H groups in total. The number of benzene rings is 2. The lowest BCUT2D eigenvalue weighted by Crippen LogP contribution is -2.40. The van der Waals surface area contributed by atoms with Crippen molar-refractivity contribution in [2.24, 2.45) is 7.05 Å². The molecule has 2 heterocycles.